The molecule has 1 aromatic carbocycles. The van der Waals surface area contributed by atoms with Crippen molar-refractivity contribution in [3.05, 3.63) is 24.3 Å². The number of nitrogens with zero attached hydrogens (tertiary/aromatic N) is 1. The van der Waals surface area contributed by atoms with Crippen molar-refractivity contribution in [2.75, 3.05) is 10.6 Å². The van der Waals surface area contributed by atoms with Crippen molar-refractivity contribution in [3.63, 3.8) is 0 Å². The van der Waals surface area contributed by atoms with Crippen LogP contribution in [0.2, 0.25) is 0 Å². The van der Waals surface area contributed by atoms with Crippen LogP contribution in [0, 0.1) is 0 Å². The molecule has 0 fully saturated rings. The second-order valence-electron chi connectivity index (χ2n) is 3.20. The van der Waals surface area contributed by atoms with Gasteiger partial charge in [0.15, 0.2) is 0 Å². The molecule has 0 aliphatic heterocycles. The smallest absolute Gasteiger partial charge is 0.294 e. The van der Waals surface area contributed by atoms with Gasteiger partial charge in [-0.15, -0.1) is 0 Å². The van der Waals surface area contributed by atoms with E-state index in [0.29, 0.717) is 11.4 Å². The third kappa shape index (κ3) is 3.82. The van der Waals surface area contributed by atoms with Crippen LogP contribution in [-0.4, -0.2) is 22.9 Å². The van der Waals surface area contributed by atoms with Crippen LogP contribution in [0.4, 0.5) is 11.4 Å². The van der Waals surface area contributed by atoms with Crippen LogP contribution >= 0.6 is 0 Å². The molecule has 0 radical (unpaired) electrons. The van der Waals surface area contributed by atoms with Crippen molar-refractivity contribution in [2.24, 2.45) is 10.9 Å². The first-order valence-corrected chi connectivity index (χ1v) is 4.69. The lowest BCUT2D eigenvalue weighted by Crippen LogP contribution is -2.30. The highest BCUT2D eigenvalue weighted by Gasteiger charge is 2.07. The van der Waals surface area contributed by atoms with Crippen molar-refractivity contribution < 1.29 is 14.8 Å². The third-order valence-electron chi connectivity index (χ3n) is 1.80. The Hall–Kier alpha value is -2.57. The van der Waals surface area contributed by atoms with E-state index in [0.717, 1.165) is 0 Å². The molecule has 5 N–H and O–H groups in total. The molecule has 0 spiro atoms. The molecule has 0 bridgehead atoms. The molecule has 0 unspecified atom stereocenters. The lowest BCUT2D eigenvalue weighted by molar-refractivity contribution is -0.114. The summed E-state index contributed by atoms with van der Waals surface area (Å²) >= 11 is 0. The molecule has 17 heavy (non-hydrogen) atoms. The van der Waals surface area contributed by atoms with E-state index in [2.05, 4.69) is 15.8 Å². The lowest BCUT2D eigenvalue weighted by Gasteiger charge is -2.05. The monoisotopic (exact) mass is 236 g/mol. The summed E-state index contributed by atoms with van der Waals surface area (Å²) in [6, 6.07) is 6.38. The number of oxime groups is 1. The molecule has 0 saturated carbocycles. The number of nitrogens with one attached hydrogen (secondary N) is 2. The van der Waals surface area contributed by atoms with Gasteiger partial charge in [-0.1, -0.05) is 5.16 Å². The number of nitrogens with two attached hydrogens (primary N) is 1. The molecule has 90 valence electrons. The van der Waals surface area contributed by atoms with E-state index in [1.54, 1.807) is 24.3 Å². The molecular formula is C10H12N4O3. The number of benzene rings is 1. The van der Waals surface area contributed by atoms with Gasteiger partial charge in [-0.25, -0.2) is 0 Å². The molecule has 0 aliphatic rings. The van der Waals surface area contributed by atoms with Gasteiger partial charge < -0.3 is 21.6 Å². The Morgan fingerprint density at radius 2 is 1.65 bits per heavy atom. The topological polar surface area (TPSA) is 117 Å². The van der Waals surface area contributed by atoms with Crippen molar-refractivity contribution in [3.8, 4) is 0 Å². The average molecular weight is 236 g/mol. The summed E-state index contributed by atoms with van der Waals surface area (Å²) in [5.41, 5.74) is 6.17. The van der Waals surface area contributed by atoms with Crippen molar-refractivity contribution >= 4 is 29.0 Å². The Morgan fingerprint density at radius 1 is 1.18 bits per heavy atom. The molecule has 0 aromatic heterocycles. The fraction of sp³-hybridized carbons (Fsp3) is 0.100. The van der Waals surface area contributed by atoms with E-state index in [-0.39, 0.29) is 5.91 Å². The average Bonchev–Trinajstić information content (AvgIpc) is 2.30. The SMILES string of the molecule is CC(=O)Nc1ccc(NC(=O)/C(N)=N/O)cc1. The molecule has 0 heterocycles. The van der Waals surface area contributed by atoms with Crippen LogP contribution in [0.25, 0.3) is 0 Å². The van der Waals surface area contributed by atoms with Crippen molar-refractivity contribution in [2.45, 2.75) is 6.92 Å². The Labute approximate surface area is 97.3 Å². The predicted octanol–water partition coefficient (Wildman–Crippen LogP) is 0.330. The summed E-state index contributed by atoms with van der Waals surface area (Å²) in [4.78, 5) is 22.0. The maximum Gasteiger partial charge on any atom is 0.294 e. The van der Waals surface area contributed by atoms with Gasteiger partial charge in [0.05, 0.1) is 0 Å². The van der Waals surface area contributed by atoms with E-state index in [1.165, 1.54) is 6.92 Å². The number of hydrogen-bond donors (Lipinski definition) is 4. The highest BCUT2D eigenvalue weighted by Crippen LogP contribution is 2.13. The molecular weight excluding hydrogens is 224 g/mol. The summed E-state index contributed by atoms with van der Waals surface area (Å²) in [6.07, 6.45) is 0. The minimum absolute atomic E-state index is 0.182. The van der Waals surface area contributed by atoms with Gasteiger partial charge in [-0.2, -0.15) is 0 Å². The van der Waals surface area contributed by atoms with Crippen LogP contribution < -0.4 is 16.4 Å². The second-order valence-corrected chi connectivity index (χ2v) is 3.20. The second kappa shape index (κ2) is 5.50. The van der Waals surface area contributed by atoms with Gasteiger partial charge >= 0.3 is 0 Å². The van der Waals surface area contributed by atoms with Crippen LogP contribution in [0.15, 0.2) is 29.4 Å². The number of amidine groups is 1. The summed E-state index contributed by atoms with van der Waals surface area (Å²) < 4.78 is 0. The summed E-state index contributed by atoms with van der Waals surface area (Å²) in [5, 5.41) is 15.8. The summed E-state index contributed by atoms with van der Waals surface area (Å²) in [6.45, 7) is 1.40. The third-order valence-corrected chi connectivity index (χ3v) is 1.80. The zero-order valence-electron chi connectivity index (χ0n) is 9.10. The van der Waals surface area contributed by atoms with Gasteiger partial charge in [0.1, 0.15) is 0 Å². The molecule has 0 saturated heterocycles. The first-order valence-electron chi connectivity index (χ1n) is 4.69. The van der Waals surface area contributed by atoms with E-state index in [4.69, 9.17) is 10.9 Å². The maximum atomic E-state index is 11.2. The predicted molar refractivity (Wildman–Crippen MR) is 62.8 cm³/mol. The number of amides is 2. The van der Waals surface area contributed by atoms with E-state index in [1.807, 2.05) is 0 Å². The number of carbonyl (C=O) groups excluding carboxylic acids is 2. The molecule has 1 aromatic rings. The van der Waals surface area contributed by atoms with Crippen molar-refractivity contribution in [1.82, 2.24) is 0 Å². The van der Waals surface area contributed by atoms with Crippen LogP contribution in [0.5, 0.6) is 0 Å². The fourth-order valence-corrected chi connectivity index (χ4v) is 1.08. The fourth-order valence-electron chi connectivity index (χ4n) is 1.08. The van der Waals surface area contributed by atoms with Crippen molar-refractivity contribution in [1.29, 1.82) is 0 Å². The zero-order chi connectivity index (χ0) is 12.8. The highest BCUT2D eigenvalue weighted by molar-refractivity contribution is 6.41. The quantitative estimate of drug-likeness (QED) is 0.256. The molecule has 0 atom stereocenters. The van der Waals surface area contributed by atoms with Crippen LogP contribution in [-0.2, 0) is 9.59 Å². The molecule has 2 amide bonds. The Morgan fingerprint density at radius 3 is 2.06 bits per heavy atom. The zero-order valence-corrected chi connectivity index (χ0v) is 9.10. The number of rotatable bonds is 2. The lowest BCUT2D eigenvalue weighted by atomic mass is 10.2. The van der Waals surface area contributed by atoms with Gasteiger partial charge in [0.25, 0.3) is 5.91 Å². The molecule has 1 rings (SSSR count). The Balaban J connectivity index is 2.69. The summed E-state index contributed by atoms with van der Waals surface area (Å²) in [7, 11) is 0. The van der Waals surface area contributed by atoms with Crippen LogP contribution in [0.1, 0.15) is 6.92 Å². The molecule has 0 aliphatic carbocycles. The largest absolute Gasteiger partial charge is 0.409 e. The van der Waals surface area contributed by atoms with E-state index < -0.39 is 11.7 Å². The normalized spacial score (nSPS) is 10.8. The number of anilines is 2. The summed E-state index contributed by atoms with van der Waals surface area (Å²) in [5.74, 6) is -1.42. The standard InChI is InChI=1S/C10H12N4O3/c1-6(15)12-7-2-4-8(5-3-7)13-10(16)9(11)14-17/h2-5,17H,1H3,(H2,11,14)(H,12,15)(H,13,16). The molecule has 7 nitrogen and oxygen atoms in total. The van der Waals surface area contributed by atoms with Gasteiger partial charge in [0.2, 0.25) is 11.7 Å². The first-order chi connectivity index (χ1) is 8.02. The Kier molecular flexibility index (Phi) is 4.04. The van der Waals surface area contributed by atoms with Gasteiger partial charge in [-0.05, 0) is 24.3 Å². The maximum absolute atomic E-state index is 11.2. The van der Waals surface area contributed by atoms with E-state index in [9.17, 15) is 9.59 Å². The number of carbonyl (C=O) groups is 2. The van der Waals surface area contributed by atoms with Gasteiger partial charge in [0, 0.05) is 18.3 Å². The molecule has 7 heteroatoms. The minimum atomic E-state index is -0.709. The van der Waals surface area contributed by atoms with E-state index >= 15 is 0 Å². The highest BCUT2D eigenvalue weighted by atomic mass is 16.4. The number of hydrogen-bond acceptors (Lipinski definition) is 4. The Bertz CT molecular complexity index is 453. The van der Waals surface area contributed by atoms with Crippen LogP contribution in [0.3, 0.4) is 0 Å². The minimum Gasteiger partial charge on any atom is -0.409 e. The van der Waals surface area contributed by atoms with Gasteiger partial charge in [-0.3, -0.25) is 9.59 Å². The first kappa shape index (κ1) is 12.5.